The minimum absolute atomic E-state index is 0.369. The lowest BCUT2D eigenvalue weighted by molar-refractivity contribution is -0.400. The van der Waals surface area contributed by atoms with Crippen LogP contribution in [0.25, 0.3) is 6.08 Å². The van der Waals surface area contributed by atoms with Crippen molar-refractivity contribution in [1.29, 1.82) is 0 Å². The largest absolute Gasteiger partial charge is 0.259 e. The highest BCUT2D eigenvalue weighted by molar-refractivity contribution is 6.29. The van der Waals surface area contributed by atoms with Crippen LogP contribution in [0, 0.1) is 10.1 Å². The maximum absolute atomic E-state index is 9.91. The lowest BCUT2D eigenvalue weighted by Crippen LogP contribution is -1.83. The summed E-state index contributed by atoms with van der Waals surface area (Å²) in [5.41, 5.74) is 0.649. The molecule has 1 rings (SSSR count). The van der Waals surface area contributed by atoms with Crippen molar-refractivity contribution >= 4 is 17.7 Å². The zero-order valence-corrected chi connectivity index (χ0v) is 6.73. The molecule has 5 heteroatoms. The highest BCUT2D eigenvalue weighted by atomic mass is 35.5. The Morgan fingerprint density at radius 1 is 1.58 bits per heavy atom. The summed E-state index contributed by atoms with van der Waals surface area (Å²) in [6.45, 7) is 0. The fourth-order valence-electron chi connectivity index (χ4n) is 0.633. The third-order valence-electron chi connectivity index (χ3n) is 1.14. The molecule has 0 radical (unpaired) electrons. The molecule has 0 saturated heterocycles. The summed E-state index contributed by atoms with van der Waals surface area (Å²) in [6.07, 6.45) is 3.66. The smallest absolute Gasteiger partial charge is 0.235 e. The van der Waals surface area contributed by atoms with Crippen molar-refractivity contribution in [3.05, 3.63) is 45.4 Å². The topological polar surface area (TPSA) is 56.0 Å². The van der Waals surface area contributed by atoms with Crippen molar-refractivity contribution in [3.8, 4) is 0 Å². The van der Waals surface area contributed by atoms with Gasteiger partial charge in [0.05, 0.1) is 4.92 Å². The van der Waals surface area contributed by atoms with Crippen LogP contribution in [-0.4, -0.2) is 9.91 Å². The number of nitro groups is 1. The van der Waals surface area contributed by atoms with Crippen LogP contribution in [0.4, 0.5) is 0 Å². The monoisotopic (exact) mass is 184 g/mol. The number of pyridine rings is 1. The maximum Gasteiger partial charge on any atom is 0.235 e. The summed E-state index contributed by atoms with van der Waals surface area (Å²) in [4.78, 5) is 13.1. The molecule has 0 bridgehead atoms. The summed E-state index contributed by atoms with van der Waals surface area (Å²) >= 11 is 5.51. The molecule has 0 fully saturated rings. The Bertz CT molecular complexity index is 308. The van der Waals surface area contributed by atoms with E-state index in [4.69, 9.17) is 11.6 Å². The lowest BCUT2D eigenvalue weighted by Gasteiger charge is -1.89. The van der Waals surface area contributed by atoms with Gasteiger partial charge in [-0.1, -0.05) is 17.7 Å². The van der Waals surface area contributed by atoms with Gasteiger partial charge < -0.3 is 0 Å². The fraction of sp³-hybridized carbons (Fsp3) is 0. The molecule has 1 aromatic heterocycles. The first-order valence-corrected chi connectivity index (χ1v) is 3.49. The zero-order chi connectivity index (χ0) is 8.97. The van der Waals surface area contributed by atoms with Crippen molar-refractivity contribution in [2.75, 3.05) is 0 Å². The summed E-state index contributed by atoms with van der Waals surface area (Å²) in [6, 6.07) is 3.22. The molecule has 0 saturated carbocycles. The third-order valence-corrected chi connectivity index (χ3v) is 1.36. The van der Waals surface area contributed by atoms with Crippen molar-refractivity contribution < 1.29 is 4.92 Å². The molecule has 0 aliphatic heterocycles. The second-order valence-corrected chi connectivity index (χ2v) is 2.40. The Balaban J connectivity index is 2.77. The molecule has 0 unspecified atom stereocenters. The summed E-state index contributed by atoms with van der Waals surface area (Å²) in [7, 11) is 0. The normalized spacial score (nSPS) is 10.4. The van der Waals surface area contributed by atoms with Gasteiger partial charge in [-0.25, -0.2) is 4.98 Å². The van der Waals surface area contributed by atoms with E-state index in [-0.39, 0.29) is 0 Å². The molecule has 0 aliphatic rings. The molecule has 4 nitrogen and oxygen atoms in total. The highest BCUT2D eigenvalue weighted by Crippen LogP contribution is 2.06. The van der Waals surface area contributed by atoms with Gasteiger partial charge in [-0.15, -0.1) is 0 Å². The number of halogens is 1. The Kier molecular flexibility index (Phi) is 2.76. The van der Waals surface area contributed by atoms with Gasteiger partial charge in [-0.05, 0) is 11.6 Å². The summed E-state index contributed by atoms with van der Waals surface area (Å²) in [5.74, 6) is 0. The third kappa shape index (κ3) is 2.67. The van der Waals surface area contributed by atoms with E-state index in [9.17, 15) is 10.1 Å². The zero-order valence-electron chi connectivity index (χ0n) is 5.98. The molecular weight excluding hydrogens is 180 g/mol. The number of rotatable bonds is 2. The number of nitrogens with zero attached hydrogens (tertiary/aromatic N) is 2. The average molecular weight is 185 g/mol. The van der Waals surface area contributed by atoms with E-state index in [1.807, 2.05) is 0 Å². The predicted octanol–water partition coefficient (Wildman–Crippen LogP) is 1.98. The van der Waals surface area contributed by atoms with E-state index in [1.54, 1.807) is 12.1 Å². The van der Waals surface area contributed by atoms with E-state index in [0.717, 1.165) is 6.20 Å². The van der Waals surface area contributed by atoms with Gasteiger partial charge in [-0.3, -0.25) is 10.1 Å². The van der Waals surface area contributed by atoms with E-state index in [2.05, 4.69) is 4.98 Å². The number of aromatic nitrogens is 1. The standard InChI is InChI=1S/C7H5ClN2O2/c8-7-2-1-6(5-9-7)3-4-10(11)12/h1-5H/b4-3+. The van der Waals surface area contributed by atoms with Crippen molar-refractivity contribution in [3.63, 3.8) is 0 Å². The predicted molar refractivity (Wildman–Crippen MR) is 45.3 cm³/mol. The highest BCUT2D eigenvalue weighted by Gasteiger charge is 1.90. The molecule has 12 heavy (non-hydrogen) atoms. The fourth-order valence-corrected chi connectivity index (χ4v) is 0.745. The first-order valence-electron chi connectivity index (χ1n) is 3.12. The van der Waals surface area contributed by atoms with Crippen LogP contribution >= 0.6 is 11.6 Å². The van der Waals surface area contributed by atoms with E-state index >= 15 is 0 Å². The Morgan fingerprint density at radius 2 is 2.33 bits per heavy atom. The lowest BCUT2D eigenvalue weighted by atomic mass is 10.3. The van der Waals surface area contributed by atoms with Crippen LogP contribution in [0.1, 0.15) is 5.56 Å². The van der Waals surface area contributed by atoms with Crippen molar-refractivity contribution in [2.45, 2.75) is 0 Å². The summed E-state index contributed by atoms with van der Waals surface area (Å²) in [5, 5.41) is 10.3. The van der Waals surface area contributed by atoms with Crippen molar-refractivity contribution in [2.24, 2.45) is 0 Å². The van der Waals surface area contributed by atoms with Crippen LogP contribution in [0.5, 0.6) is 0 Å². The van der Waals surface area contributed by atoms with E-state index in [0.29, 0.717) is 10.7 Å². The van der Waals surface area contributed by atoms with Gasteiger partial charge in [0.25, 0.3) is 0 Å². The number of hydrogen-bond donors (Lipinski definition) is 0. The Labute approximate surface area is 73.6 Å². The molecule has 62 valence electrons. The van der Waals surface area contributed by atoms with Crippen LogP contribution < -0.4 is 0 Å². The second kappa shape index (κ2) is 3.82. The maximum atomic E-state index is 9.91. The Hall–Kier alpha value is -1.42. The minimum Gasteiger partial charge on any atom is -0.259 e. The Morgan fingerprint density at radius 3 is 2.83 bits per heavy atom. The molecule has 1 heterocycles. The van der Waals surface area contributed by atoms with Crippen LogP contribution in [-0.2, 0) is 0 Å². The van der Waals surface area contributed by atoms with E-state index < -0.39 is 4.92 Å². The first kappa shape index (κ1) is 8.67. The average Bonchev–Trinajstić information content (AvgIpc) is 2.03. The summed E-state index contributed by atoms with van der Waals surface area (Å²) < 4.78 is 0. The van der Waals surface area contributed by atoms with E-state index in [1.165, 1.54) is 12.3 Å². The van der Waals surface area contributed by atoms with Gasteiger partial charge in [0.1, 0.15) is 5.15 Å². The van der Waals surface area contributed by atoms with Gasteiger partial charge >= 0.3 is 0 Å². The molecule has 1 aromatic rings. The minimum atomic E-state index is -0.533. The van der Waals surface area contributed by atoms with Crippen LogP contribution in [0.3, 0.4) is 0 Å². The molecule has 0 aliphatic carbocycles. The SMILES string of the molecule is O=[N+]([O-])/C=C/c1ccc(Cl)nc1. The van der Waals surface area contributed by atoms with Gasteiger partial charge in [-0.2, -0.15) is 0 Å². The number of hydrogen-bond acceptors (Lipinski definition) is 3. The van der Waals surface area contributed by atoms with Gasteiger partial charge in [0.15, 0.2) is 0 Å². The van der Waals surface area contributed by atoms with Crippen molar-refractivity contribution in [1.82, 2.24) is 4.98 Å². The quantitative estimate of drug-likeness (QED) is 0.401. The van der Waals surface area contributed by atoms with Gasteiger partial charge in [0.2, 0.25) is 6.20 Å². The van der Waals surface area contributed by atoms with Gasteiger partial charge in [0, 0.05) is 12.3 Å². The molecule has 0 atom stereocenters. The molecule has 0 amide bonds. The van der Waals surface area contributed by atoms with Crippen LogP contribution in [0.2, 0.25) is 5.15 Å². The van der Waals surface area contributed by atoms with Crippen LogP contribution in [0.15, 0.2) is 24.5 Å². The second-order valence-electron chi connectivity index (χ2n) is 2.02. The molecule has 0 spiro atoms. The molecule has 0 aromatic carbocycles. The first-order chi connectivity index (χ1) is 5.68. The molecular formula is C7H5ClN2O2. The molecule has 0 N–H and O–H groups in total.